The van der Waals surface area contributed by atoms with E-state index in [9.17, 15) is 9.59 Å². The zero-order chi connectivity index (χ0) is 18.5. The van der Waals surface area contributed by atoms with Gasteiger partial charge in [-0.25, -0.2) is 0 Å². The quantitative estimate of drug-likeness (QED) is 0.701. The van der Waals surface area contributed by atoms with Gasteiger partial charge in [-0.2, -0.15) is 0 Å². The molecule has 1 aromatic heterocycles. The molecule has 6 heteroatoms. The van der Waals surface area contributed by atoms with Crippen molar-refractivity contribution < 1.29 is 9.59 Å². The molecule has 0 aliphatic heterocycles. The van der Waals surface area contributed by atoms with Crippen molar-refractivity contribution in [2.75, 3.05) is 25.2 Å². The molecule has 2 aromatic carbocycles. The molecule has 0 radical (unpaired) electrons. The second-order valence-corrected chi connectivity index (χ2v) is 6.96. The standard InChI is InChI=1S/C20H19N3O2S/c1-23(2)19(24)13-26-18-10-6-4-8-16(18)20(25)22-15-11-14-7-3-5-9-17(14)21-12-15/h3-12H,13H2,1-2H3,(H,22,25). The van der Waals surface area contributed by atoms with Crippen LogP contribution in [-0.2, 0) is 4.79 Å². The maximum Gasteiger partial charge on any atom is 0.256 e. The first kappa shape index (κ1) is 17.9. The Kier molecular flexibility index (Phi) is 5.53. The number of aromatic nitrogens is 1. The SMILES string of the molecule is CN(C)C(=O)CSc1ccccc1C(=O)Nc1cnc2ccccc2c1. The number of rotatable bonds is 5. The molecule has 1 N–H and O–H groups in total. The van der Waals surface area contributed by atoms with Crippen molar-refractivity contribution in [3.8, 4) is 0 Å². The molecule has 132 valence electrons. The number of para-hydroxylation sites is 1. The first-order valence-corrected chi connectivity index (χ1v) is 9.11. The number of nitrogens with zero attached hydrogens (tertiary/aromatic N) is 2. The van der Waals surface area contributed by atoms with E-state index in [1.54, 1.807) is 26.4 Å². The van der Waals surface area contributed by atoms with Crippen LogP contribution in [0.4, 0.5) is 5.69 Å². The van der Waals surface area contributed by atoms with E-state index in [1.165, 1.54) is 16.7 Å². The number of carbonyl (C=O) groups excluding carboxylic acids is 2. The van der Waals surface area contributed by atoms with Gasteiger partial charge in [0.15, 0.2) is 0 Å². The topological polar surface area (TPSA) is 62.3 Å². The summed E-state index contributed by atoms with van der Waals surface area (Å²) < 4.78 is 0. The molecule has 0 aliphatic rings. The van der Waals surface area contributed by atoms with Crippen LogP contribution in [-0.4, -0.2) is 41.5 Å². The number of fused-ring (bicyclic) bond motifs is 1. The van der Waals surface area contributed by atoms with Crippen molar-refractivity contribution in [3.05, 3.63) is 66.4 Å². The Balaban J connectivity index is 1.77. The van der Waals surface area contributed by atoms with Gasteiger partial charge in [0.25, 0.3) is 5.91 Å². The van der Waals surface area contributed by atoms with E-state index in [1.807, 2.05) is 48.5 Å². The molecule has 5 nitrogen and oxygen atoms in total. The Bertz CT molecular complexity index is 956. The van der Waals surface area contributed by atoms with Gasteiger partial charge in [-0.3, -0.25) is 14.6 Å². The molecule has 26 heavy (non-hydrogen) atoms. The number of amides is 2. The first-order valence-electron chi connectivity index (χ1n) is 8.13. The minimum atomic E-state index is -0.220. The van der Waals surface area contributed by atoms with Gasteiger partial charge in [0.1, 0.15) is 0 Å². The van der Waals surface area contributed by atoms with Gasteiger partial charge >= 0.3 is 0 Å². The third kappa shape index (κ3) is 4.21. The molecule has 0 aliphatic carbocycles. The Hall–Kier alpha value is -2.86. The zero-order valence-electron chi connectivity index (χ0n) is 14.6. The Labute approximate surface area is 156 Å². The van der Waals surface area contributed by atoms with Crippen LogP contribution in [0.5, 0.6) is 0 Å². The normalized spacial score (nSPS) is 10.5. The molecule has 0 spiro atoms. The lowest BCUT2D eigenvalue weighted by Crippen LogP contribution is -2.23. The molecule has 1 heterocycles. The fourth-order valence-electron chi connectivity index (χ4n) is 2.39. The molecular weight excluding hydrogens is 346 g/mol. The fourth-order valence-corrected chi connectivity index (χ4v) is 3.41. The lowest BCUT2D eigenvalue weighted by Gasteiger charge is -2.12. The number of thioether (sulfide) groups is 1. The fraction of sp³-hybridized carbons (Fsp3) is 0.150. The van der Waals surface area contributed by atoms with Crippen LogP contribution in [0.15, 0.2) is 65.7 Å². The van der Waals surface area contributed by atoms with Crippen molar-refractivity contribution in [2.45, 2.75) is 4.90 Å². The van der Waals surface area contributed by atoms with Gasteiger partial charge in [0.2, 0.25) is 5.91 Å². The van der Waals surface area contributed by atoms with E-state index in [0.717, 1.165) is 15.8 Å². The highest BCUT2D eigenvalue weighted by Gasteiger charge is 2.14. The smallest absolute Gasteiger partial charge is 0.256 e. The predicted octanol–water partition coefficient (Wildman–Crippen LogP) is 3.67. The number of carbonyl (C=O) groups is 2. The molecule has 0 bridgehead atoms. The van der Waals surface area contributed by atoms with E-state index in [2.05, 4.69) is 10.3 Å². The van der Waals surface area contributed by atoms with Crippen LogP contribution in [0.2, 0.25) is 0 Å². The first-order chi connectivity index (χ1) is 12.5. The number of benzene rings is 2. The van der Waals surface area contributed by atoms with Gasteiger partial charge < -0.3 is 10.2 Å². The van der Waals surface area contributed by atoms with Gasteiger partial charge in [0.05, 0.1) is 28.7 Å². The van der Waals surface area contributed by atoms with Crippen LogP contribution in [0.1, 0.15) is 10.4 Å². The van der Waals surface area contributed by atoms with E-state index in [4.69, 9.17) is 0 Å². The third-order valence-electron chi connectivity index (χ3n) is 3.83. The molecule has 2 amide bonds. The van der Waals surface area contributed by atoms with Crippen molar-refractivity contribution in [2.24, 2.45) is 0 Å². The summed E-state index contributed by atoms with van der Waals surface area (Å²) in [7, 11) is 3.43. The zero-order valence-corrected chi connectivity index (χ0v) is 15.4. The second-order valence-electron chi connectivity index (χ2n) is 5.94. The summed E-state index contributed by atoms with van der Waals surface area (Å²) in [5, 5.41) is 3.85. The van der Waals surface area contributed by atoms with Crippen molar-refractivity contribution in [1.29, 1.82) is 0 Å². The summed E-state index contributed by atoms with van der Waals surface area (Å²) in [4.78, 5) is 31.2. The minimum Gasteiger partial charge on any atom is -0.348 e. The Morgan fingerprint density at radius 2 is 1.81 bits per heavy atom. The number of hydrogen-bond donors (Lipinski definition) is 1. The highest BCUT2D eigenvalue weighted by molar-refractivity contribution is 8.00. The molecule has 3 aromatic rings. The summed E-state index contributed by atoms with van der Waals surface area (Å²) in [6.07, 6.45) is 1.64. The summed E-state index contributed by atoms with van der Waals surface area (Å²) in [6, 6.07) is 16.9. The summed E-state index contributed by atoms with van der Waals surface area (Å²) in [6.45, 7) is 0. The van der Waals surface area contributed by atoms with Crippen LogP contribution in [0.3, 0.4) is 0 Å². The lowest BCUT2D eigenvalue weighted by atomic mass is 10.2. The highest BCUT2D eigenvalue weighted by atomic mass is 32.2. The summed E-state index contributed by atoms with van der Waals surface area (Å²) in [5.74, 6) is 0.0703. The van der Waals surface area contributed by atoms with Crippen LogP contribution in [0, 0.1) is 0 Å². The Morgan fingerprint density at radius 1 is 1.08 bits per heavy atom. The molecular formula is C20H19N3O2S. The van der Waals surface area contributed by atoms with Crippen molar-refractivity contribution >= 4 is 40.2 Å². The van der Waals surface area contributed by atoms with Crippen LogP contribution in [0.25, 0.3) is 10.9 Å². The molecule has 0 atom stereocenters. The molecule has 0 fully saturated rings. The van der Waals surface area contributed by atoms with Gasteiger partial charge in [-0.05, 0) is 24.3 Å². The molecule has 3 rings (SSSR count). The molecule has 0 saturated carbocycles. The summed E-state index contributed by atoms with van der Waals surface area (Å²) in [5.41, 5.74) is 2.05. The third-order valence-corrected chi connectivity index (χ3v) is 4.89. The van der Waals surface area contributed by atoms with E-state index >= 15 is 0 Å². The Morgan fingerprint density at radius 3 is 2.62 bits per heavy atom. The largest absolute Gasteiger partial charge is 0.348 e. The van der Waals surface area contributed by atoms with E-state index in [0.29, 0.717) is 11.3 Å². The van der Waals surface area contributed by atoms with Gasteiger partial charge in [0, 0.05) is 24.4 Å². The van der Waals surface area contributed by atoms with E-state index in [-0.39, 0.29) is 17.6 Å². The highest BCUT2D eigenvalue weighted by Crippen LogP contribution is 2.24. The molecule has 0 unspecified atom stereocenters. The number of pyridine rings is 1. The number of nitrogens with one attached hydrogen (secondary N) is 1. The maximum atomic E-state index is 12.7. The number of hydrogen-bond acceptors (Lipinski definition) is 4. The monoisotopic (exact) mass is 365 g/mol. The van der Waals surface area contributed by atoms with Crippen LogP contribution >= 0.6 is 11.8 Å². The maximum absolute atomic E-state index is 12.7. The minimum absolute atomic E-state index is 0.00365. The second kappa shape index (κ2) is 8.01. The van der Waals surface area contributed by atoms with Crippen LogP contribution < -0.4 is 5.32 Å². The van der Waals surface area contributed by atoms with Gasteiger partial charge in [-0.1, -0.05) is 30.3 Å². The van der Waals surface area contributed by atoms with Crippen molar-refractivity contribution in [3.63, 3.8) is 0 Å². The van der Waals surface area contributed by atoms with E-state index < -0.39 is 0 Å². The van der Waals surface area contributed by atoms with Gasteiger partial charge in [-0.15, -0.1) is 11.8 Å². The average Bonchev–Trinajstić information content (AvgIpc) is 2.66. The molecule has 0 saturated heterocycles. The lowest BCUT2D eigenvalue weighted by molar-refractivity contribution is -0.125. The average molecular weight is 365 g/mol. The number of anilines is 1. The predicted molar refractivity (Wildman–Crippen MR) is 106 cm³/mol. The summed E-state index contributed by atoms with van der Waals surface area (Å²) >= 11 is 1.36. The van der Waals surface area contributed by atoms with Crippen molar-refractivity contribution in [1.82, 2.24) is 9.88 Å².